The Balaban J connectivity index is 1.67. The summed E-state index contributed by atoms with van der Waals surface area (Å²) in [5.41, 5.74) is 0.953. The first-order valence-electron chi connectivity index (χ1n) is 7.75. The van der Waals surface area contributed by atoms with Gasteiger partial charge in [-0.15, -0.1) is 0 Å². The highest BCUT2D eigenvalue weighted by atomic mass is 16.5. The molecule has 8 nitrogen and oxygen atoms in total. The summed E-state index contributed by atoms with van der Waals surface area (Å²) in [5.74, 6) is -1.11. The Morgan fingerprint density at radius 1 is 1.23 bits per heavy atom. The predicted molar refractivity (Wildman–Crippen MR) is 92.7 cm³/mol. The van der Waals surface area contributed by atoms with Gasteiger partial charge in [0, 0.05) is 5.69 Å². The molecule has 2 aromatic carbocycles. The zero-order chi connectivity index (χ0) is 18.7. The van der Waals surface area contributed by atoms with Crippen molar-refractivity contribution in [2.75, 3.05) is 17.7 Å². The molecule has 134 valence electrons. The summed E-state index contributed by atoms with van der Waals surface area (Å²) >= 11 is 0. The first kappa shape index (κ1) is 17.3. The van der Waals surface area contributed by atoms with Gasteiger partial charge in [-0.05, 0) is 42.5 Å². The Morgan fingerprint density at radius 2 is 1.96 bits per heavy atom. The molecule has 3 N–H and O–H groups in total. The van der Waals surface area contributed by atoms with Crippen molar-refractivity contribution in [2.24, 2.45) is 0 Å². The second kappa shape index (κ2) is 7.14. The third-order valence-electron chi connectivity index (χ3n) is 3.79. The summed E-state index contributed by atoms with van der Waals surface area (Å²) in [6, 6.07) is 10.9. The SMILES string of the molecule is COc1ccc(NC(=O)CC2Oc3cc(C(=O)O)ccc3NC2=O)cc1. The maximum atomic E-state index is 12.2. The van der Waals surface area contributed by atoms with E-state index in [0.717, 1.165) is 0 Å². The number of nitrogens with one attached hydrogen (secondary N) is 2. The van der Waals surface area contributed by atoms with Crippen molar-refractivity contribution in [3.63, 3.8) is 0 Å². The molecular weight excluding hydrogens is 340 g/mol. The highest BCUT2D eigenvalue weighted by molar-refractivity contribution is 6.02. The highest BCUT2D eigenvalue weighted by Crippen LogP contribution is 2.31. The number of methoxy groups -OCH3 is 1. The molecule has 1 aliphatic rings. The number of carbonyl (C=O) groups is 3. The van der Waals surface area contributed by atoms with Crippen molar-refractivity contribution in [1.29, 1.82) is 0 Å². The van der Waals surface area contributed by atoms with Crippen LogP contribution in [0, 0.1) is 0 Å². The van der Waals surface area contributed by atoms with E-state index in [9.17, 15) is 14.4 Å². The van der Waals surface area contributed by atoms with E-state index >= 15 is 0 Å². The lowest BCUT2D eigenvalue weighted by molar-refractivity contribution is -0.128. The van der Waals surface area contributed by atoms with E-state index in [2.05, 4.69) is 10.6 Å². The van der Waals surface area contributed by atoms with Crippen LogP contribution < -0.4 is 20.1 Å². The molecule has 0 aliphatic carbocycles. The van der Waals surface area contributed by atoms with Crippen LogP contribution in [0.25, 0.3) is 0 Å². The zero-order valence-corrected chi connectivity index (χ0v) is 13.8. The van der Waals surface area contributed by atoms with Crippen LogP contribution in [0.2, 0.25) is 0 Å². The lowest BCUT2D eigenvalue weighted by atomic mass is 10.1. The molecule has 0 aromatic heterocycles. The van der Waals surface area contributed by atoms with Gasteiger partial charge in [0.05, 0.1) is 24.8 Å². The van der Waals surface area contributed by atoms with E-state index < -0.39 is 23.9 Å². The molecule has 26 heavy (non-hydrogen) atoms. The van der Waals surface area contributed by atoms with Crippen molar-refractivity contribution in [2.45, 2.75) is 12.5 Å². The highest BCUT2D eigenvalue weighted by Gasteiger charge is 2.30. The Hall–Kier alpha value is -3.55. The quantitative estimate of drug-likeness (QED) is 0.756. The van der Waals surface area contributed by atoms with Crippen LogP contribution in [-0.4, -0.2) is 36.1 Å². The summed E-state index contributed by atoms with van der Waals surface area (Å²) in [5, 5.41) is 14.3. The van der Waals surface area contributed by atoms with E-state index in [0.29, 0.717) is 17.1 Å². The zero-order valence-electron chi connectivity index (χ0n) is 13.8. The summed E-state index contributed by atoms with van der Waals surface area (Å²) < 4.78 is 10.6. The summed E-state index contributed by atoms with van der Waals surface area (Å²) in [6.07, 6.45) is -1.26. The van der Waals surface area contributed by atoms with Crippen LogP contribution in [0.15, 0.2) is 42.5 Å². The molecule has 1 heterocycles. The van der Waals surface area contributed by atoms with Crippen LogP contribution >= 0.6 is 0 Å². The molecule has 0 saturated carbocycles. The van der Waals surface area contributed by atoms with E-state index in [1.807, 2.05) is 0 Å². The molecule has 0 bridgehead atoms. The first-order valence-corrected chi connectivity index (χ1v) is 7.75. The van der Waals surface area contributed by atoms with E-state index in [1.165, 1.54) is 18.2 Å². The van der Waals surface area contributed by atoms with Crippen molar-refractivity contribution >= 4 is 29.2 Å². The first-order chi connectivity index (χ1) is 12.5. The maximum Gasteiger partial charge on any atom is 0.335 e. The van der Waals surface area contributed by atoms with Gasteiger partial charge in [-0.1, -0.05) is 0 Å². The maximum absolute atomic E-state index is 12.2. The van der Waals surface area contributed by atoms with Gasteiger partial charge in [0.2, 0.25) is 5.91 Å². The Bertz CT molecular complexity index is 862. The minimum Gasteiger partial charge on any atom is -0.497 e. The van der Waals surface area contributed by atoms with Crippen LogP contribution in [0.1, 0.15) is 16.8 Å². The average molecular weight is 356 g/mol. The van der Waals surface area contributed by atoms with Crippen molar-refractivity contribution < 1.29 is 29.0 Å². The second-order valence-corrected chi connectivity index (χ2v) is 5.59. The third-order valence-corrected chi connectivity index (χ3v) is 3.79. The lowest BCUT2D eigenvalue weighted by Gasteiger charge is -2.25. The van der Waals surface area contributed by atoms with Crippen LogP contribution in [-0.2, 0) is 9.59 Å². The number of anilines is 2. The third kappa shape index (κ3) is 3.75. The number of hydrogen-bond donors (Lipinski definition) is 3. The van der Waals surface area contributed by atoms with Gasteiger partial charge >= 0.3 is 5.97 Å². The normalized spacial score (nSPS) is 15.3. The Morgan fingerprint density at radius 3 is 2.62 bits per heavy atom. The van der Waals surface area contributed by atoms with E-state index in [-0.39, 0.29) is 17.7 Å². The minimum absolute atomic E-state index is 0.0290. The number of amides is 2. The van der Waals surface area contributed by atoms with Crippen molar-refractivity contribution in [1.82, 2.24) is 0 Å². The predicted octanol–water partition coefficient (Wildman–Crippen LogP) is 2.12. The average Bonchev–Trinajstić information content (AvgIpc) is 2.62. The summed E-state index contributed by atoms with van der Waals surface area (Å²) in [7, 11) is 1.54. The molecule has 3 rings (SSSR count). The number of carboxylic acid groups (broad SMARTS) is 1. The lowest BCUT2D eigenvalue weighted by Crippen LogP contribution is -2.39. The van der Waals surface area contributed by atoms with Crippen molar-refractivity contribution in [3.8, 4) is 11.5 Å². The molecule has 8 heteroatoms. The number of ether oxygens (including phenoxy) is 2. The standard InChI is InChI=1S/C18H16N2O6/c1-25-12-5-3-11(4-6-12)19-16(21)9-15-17(22)20-13-7-2-10(18(23)24)8-14(13)26-15/h2-8,15H,9H2,1H3,(H,19,21)(H,20,22)(H,23,24). The molecule has 0 radical (unpaired) electrons. The molecule has 1 atom stereocenters. The topological polar surface area (TPSA) is 114 Å². The number of fused-ring (bicyclic) bond motifs is 1. The molecular formula is C18H16N2O6. The number of benzene rings is 2. The minimum atomic E-state index is -1.11. The number of aromatic carboxylic acids is 1. The number of carboxylic acids is 1. The summed E-state index contributed by atoms with van der Waals surface area (Å²) in [4.78, 5) is 35.3. The molecule has 1 aliphatic heterocycles. The second-order valence-electron chi connectivity index (χ2n) is 5.59. The number of carbonyl (C=O) groups excluding carboxylic acids is 2. The fraction of sp³-hybridized carbons (Fsp3) is 0.167. The fourth-order valence-corrected chi connectivity index (χ4v) is 2.47. The monoisotopic (exact) mass is 356 g/mol. The van der Waals surface area contributed by atoms with Gasteiger partial charge in [0.25, 0.3) is 5.91 Å². The van der Waals surface area contributed by atoms with Crippen molar-refractivity contribution in [3.05, 3.63) is 48.0 Å². The largest absolute Gasteiger partial charge is 0.497 e. The van der Waals surface area contributed by atoms with Crippen LogP contribution in [0.5, 0.6) is 11.5 Å². The van der Waals surface area contributed by atoms with Gasteiger partial charge < -0.3 is 25.2 Å². The van der Waals surface area contributed by atoms with Gasteiger partial charge in [0.15, 0.2) is 6.10 Å². The van der Waals surface area contributed by atoms with Gasteiger partial charge in [-0.3, -0.25) is 9.59 Å². The molecule has 2 amide bonds. The van der Waals surface area contributed by atoms with E-state index in [1.54, 1.807) is 31.4 Å². The summed E-state index contributed by atoms with van der Waals surface area (Å²) in [6.45, 7) is 0. The fourth-order valence-electron chi connectivity index (χ4n) is 2.47. The van der Waals surface area contributed by atoms with Gasteiger partial charge in [0.1, 0.15) is 11.5 Å². The molecule has 2 aromatic rings. The van der Waals surface area contributed by atoms with Crippen LogP contribution in [0.4, 0.5) is 11.4 Å². The van der Waals surface area contributed by atoms with Crippen LogP contribution in [0.3, 0.4) is 0 Å². The number of hydrogen-bond acceptors (Lipinski definition) is 5. The van der Waals surface area contributed by atoms with E-state index in [4.69, 9.17) is 14.6 Å². The molecule has 0 fully saturated rings. The molecule has 0 saturated heterocycles. The Kier molecular flexibility index (Phi) is 4.74. The van der Waals surface area contributed by atoms with Gasteiger partial charge in [-0.25, -0.2) is 4.79 Å². The Labute approximate surface area is 148 Å². The molecule has 0 spiro atoms. The molecule has 1 unspecified atom stereocenters. The van der Waals surface area contributed by atoms with Gasteiger partial charge in [-0.2, -0.15) is 0 Å². The smallest absolute Gasteiger partial charge is 0.335 e. The number of rotatable bonds is 5.